The number of hydrogen-bond donors (Lipinski definition) is 0. The molecule has 0 aliphatic carbocycles. The molecule has 0 aromatic heterocycles. The number of rotatable bonds is 1. The highest BCUT2D eigenvalue weighted by molar-refractivity contribution is 5.93. The summed E-state index contributed by atoms with van der Waals surface area (Å²) in [5, 5.41) is 0. The van der Waals surface area contributed by atoms with Gasteiger partial charge in [0.15, 0.2) is 0 Å². The zero-order valence-corrected chi connectivity index (χ0v) is 11.2. The van der Waals surface area contributed by atoms with Gasteiger partial charge in [-0.3, -0.25) is 9.59 Å². The van der Waals surface area contributed by atoms with Crippen molar-refractivity contribution in [2.24, 2.45) is 0 Å². The van der Waals surface area contributed by atoms with E-state index in [4.69, 9.17) is 0 Å². The topological polar surface area (TPSA) is 40.6 Å². The van der Waals surface area contributed by atoms with Crippen molar-refractivity contribution < 1.29 is 9.59 Å². The van der Waals surface area contributed by atoms with E-state index in [2.05, 4.69) is 0 Å². The minimum atomic E-state index is 0.0469. The summed E-state index contributed by atoms with van der Waals surface area (Å²) < 4.78 is 0. The Bertz CT molecular complexity index is 402. The molecule has 1 saturated heterocycles. The van der Waals surface area contributed by atoms with E-state index in [-0.39, 0.29) is 5.91 Å². The first-order valence-corrected chi connectivity index (χ1v) is 6.03. The minimum absolute atomic E-state index is 0.0469. The molecule has 1 aliphatic rings. The molecule has 0 N–H and O–H groups in total. The number of carbonyl (C=O) groups excluding carboxylic acids is 2. The fraction of sp³-hybridized carbons (Fsp3) is 0.429. The second kappa shape index (κ2) is 6.79. The summed E-state index contributed by atoms with van der Waals surface area (Å²) in [5.41, 5.74) is 0.734. The third-order valence-corrected chi connectivity index (χ3v) is 2.74. The Labute approximate surface area is 108 Å². The number of hydrogen-bond acceptors (Lipinski definition) is 2. The van der Waals surface area contributed by atoms with E-state index < -0.39 is 0 Å². The van der Waals surface area contributed by atoms with Crippen LogP contribution in [-0.2, 0) is 4.79 Å². The van der Waals surface area contributed by atoms with Gasteiger partial charge in [0.25, 0.3) is 5.91 Å². The molecule has 0 bridgehead atoms. The smallest absolute Gasteiger partial charge is 0.253 e. The highest BCUT2D eigenvalue weighted by atomic mass is 16.2. The Kier molecular flexibility index (Phi) is 5.36. The van der Waals surface area contributed by atoms with Crippen LogP contribution in [-0.4, -0.2) is 49.3 Å². The molecule has 1 aromatic carbocycles. The Hall–Kier alpha value is -1.84. The van der Waals surface area contributed by atoms with Crippen LogP contribution in [0.15, 0.2) is 30.3 Å². The Morgan fingerprint density at radius 3 is 2.17 bits per heavy atom. The van der Waals surface area contributed by atoms with Gasteiger partial charge < -0.3 is 9.80 Å². The molecule has 2 amide bonds. The molecule has 2 rings (SSSR count). The molecule has 18 heavy (non-hydrogen) atoms. The van der Waals surface area contributed by atoms with Gasteiger partial charge in [0.1, 0.15) is 0 Å². The molecule has 1 heterocycles. The molecule has 4 heteroatoms. The summed E-state index contributed by atoms with van der Waals surface area (Å²) in [7, 11) is 5.33. The van der Waals surface area contributed by atoms with E-state index in [0.717, 1.165) is 24.9 Å². The van der Waals surface area contributed by atoms with E-state index in [1.54, 1.807) is 23.9 Å². The predicted molar refractivity (Wildman–Crippen MR) is 71.3 cm³/mol. The lowest BCUT2D eigenvalue weighted by atomic mass is 10.2. The van der Waals surface area contributed by atoms with E-state index in [9.17, 15) is 9.59 Å². The van der Waals surface area contributed by atoms with Crippen LogP contribution >= 0.6 is 0 Å². The number of carbonyl (C=O) groups is 2. The lowest BCUT2D eigenvalue weighted by molar-refractivity contribution is -0.126. The third kappa shape index (κ3) is 4.20. The van der Waals surface area contributed by atoms with Gasteiger partial charge in [-0.2, -0.15) is 0 Å². The van der Waals surface area contributed by atoms with Crippen LogP contribution in [0.25, 0.3) is 0 Å². The van der Waals surface area contributed by atoms with Gasteiger partial charge in [-0.05, 0) is 18.6 Å². The minimum Gasteiger partial charge on any atom is -0.346 e. The van der Waals surface area contributed by atoms with Crippen LogP contribution in [0.4, 0.5) is 0 Å². The molecule has 0 atom stereocenters. The number of nitrogens with zero attached hydrogens (tertiary/aromatic N) is 2. The summed E-state index contributed by atoms with van der Waals surface area (Å²) in [5.74, 6) is 0.339. The van der Waals surface area contributed by atoms with Crippen molar-refractivity contribution in [1.82, 2.24) is 9.80 Å². The lowest BCUT2D eigenvalue weighted by Crippen LogP contribution is -2.21. The van der Waals surface area contributed by atoms with E-state index in [1.165, 1.54) is 0 Å². The SMILES string of the molecule is CN(C)C(=O)c1ccccc1.CN1CCCC1=O. The van der Waals surface area contributed by atoms with Gasteiger partial charge in [-0.1, -0.05) is 18.2 Å². The van der Waals surface area contributed by atoms with Gasteiger partial charge in [-0.25, -0.2) is 0 Å². The van der Waals surface area contributed by atoms with E-state index in [0.29, 0.717) is 5.91 Å². The van der Waals surface area contributed by atoms with Crippen molar-refractivity contribution in [2.75, 3.05) is 27.7 Å². The van der Waals surface area contributed by atoms with Crippen molar-refractivity contribution in [1.29, 1.82) is 0 Å². The van der Waals surface area contributed by atoms with Crippen molar-refractivity contribution in [2.45, 2.75) is 12.8 Å². The molecular weight excluding hydrogens is 228 g/mol. The van der Waals surface area contributed by atoms with Crippen LogP contribution in [0.3, 0.4) is 0 Å². The summed E-state index contributed by atoms with van der Waals surface area (Å²) in [4.78, 5) is 25.1. The molecule has 0 saturated carbocycles. The summed E-state index contributed by atoms with van der Waals surface area (Å²) in [6.07, 6.45) is 1.81. The largest absolute Gasteiger partial charge is 0.346 e. The first-order valence-electron chi connectivity index (χ1n) is 6.03. The maximum absolute atomic E-state index is 11.3. The molecule has 1 aromatic rings. The molecule has 1 aliphatic heterocycles. The zero-order valence-electron chi connectivity index (χ0n) is 11.2. The zero-order chi connectivity index (χ0) is 13.5. The Balaban J connectivity index is 0.000000199. The molecule has 0 radical (unpaired) electrons. The lowest BCUT2D eigenvalue weighted by Gasteiger charge is -2.08. The van der Waals surface area contributed by atoms with Gasteiger partial charge in [0.05, 0.1) is 0 Å². The second-order valence-corrected chi connectivity index (χ2v) is 4.48. The number of amides is 2. The molecule has 4 nitrogen and oxygen atoms in total. The predicted octanol–water partition coefficient (Wildman–Crippen LogP) is 1.63. The van der Waals surface area contributed by atoms with E-state index >= 15 is 0 Å². The molecule has 0 unspecified atom stereocenters. The average Bonchev–Trinajstić information content (AvgIpc) is 2.74. The van der Waals surface area contributed by atoms with Crippen LogP contribution < -0.4 is 0 Å². The monoisotopic (exact) mass is 248 g/mol. The van der Waals surface area contributed by atoms with Crippen LogP contribution in [0.5, 0.6) is 0 Å². The Morgan fingerprint density at radius 2 is 1.83 bits per heavy atom. The fourth-order valence-corrected chi connectivity index (χ4v) is 1.62. The van der Waals surface area contributed by atoms with Crippen LogP contribution in [0.2, 0.25) is 0 Å². The highest BCUT2D eigenvalue weighted by Gasteiger charge is 2.14. The van der Waals surface area contributed by atoms with Crippen molar-refractivity contribution in [3.8, 4) is 0 Å². The second-order valence-electron chi connectivity index (χ2n) is 4.48. The third-order valence-electron chi connectivity index (χ3n) is 2.74. The average molecular weight is 248 g/mol. The fourth-order valence-electron chi connectivity index (χ4n) is 1.62. The molecule has 1 fully saturated rings. The van der Waals surface area contributed by atoms with Gasteiger partial charge in [0, 0.05) is 39.7 Å². The van der Waals surface area contributed by atoms with Gasteiger partial charge >= 0.3 is 0 Å². The summed E-state index contributed by atoms with van der Waals surface area (Å²) in [6, 6.07) is 9.23. The maximum Gasteiger partial charge on any atom is 0.253 e. The quantitative estimate of drug-likeness (QED) is 0.758. The van der Waals surface area contributed by atoms with Crippen LogP contribution in [0, 0.1) is 0 Å². The van der Waals surface area contributed by atoms with Crippen LogP contribution in [0.1, 0.15) is 23.2 Å². The number of benzene rings is 1. The van der Waals surface area contributed by atoms with E-state index in [1.807, 2.05) is 37.4 Å². The molecular formula is C14H20N2O2. The summed E-state index contributed by atoms with van der Waals surface area (Å²) in [6.45, 7) is 0.957. The highest BCUT2D eigenvalue weighted by Crippen LogP contribution is 2.04. The summed E-state index contributed by atoms with van der Waals surface area (Å²) >= 11 is 0. The standard InChI is InChI=1S/C9H11NO.C5H9NO/c1-10(2)9(11)8-6-4-3-5-7-8;1-6-4-2-3-5(6)7/h3-7H,1-2H3;2-4H2,1H3. The molecule has 0 spiro atoms. The van der Waals surface area contributed by atoms with Crippen molar-refractivity contribution >= 4 is 11.8 Å². The molecule has 98 valence electrons. The van der Waals surface area contributed by atoms with Crippen molar-refractivity contribution in [3.05, 3.63) is 35.9 Å². The van der Waals surface area contributed by atoms with Crippen molar-refractivity contribution in [3.63, 3.8) is 0 Å². The first-order chi connectivity index (χ1) is 8.52. The van der Waals surface area contributed by atoms with Gasteiger partial charge in [-0.15, -0.1) is 0 Å². The maximum atomic E-state index is 11.3. The normalized spacial score (nSPS) is 13.9. The first kappa shape index (κ1) is 14.2. The van der Waals surface area contributed by atoms with Gasteiger partial charge in [0.2, 0.25) is 5.91 Å². The number of likely N-dealkylation sites (tertiary alicyclic amines) is 1. The Morgan fingerprint density at radius 1 is 1.22 bits per heavy atom.